The van der Waals surface area contributed by atoms with Crippen molar-refractivity contribution in [3.8, 4) is 0 Å². The summed E-state index contributed by atoms with van der Waals surface area (Å²) in [4.78, 5) is 28.1. The third kappa shape index (κ3) is 4.93. The summed E-state index contributed by atoms with van der Waals surface area (Å²) in [6.07, 6.45) is 1.39. The van der Waals surface area contributed by atoms with E-state index in [0.717, 1.165) is 11.3 Å². The third-order valence-electron chi connectivity index (χ3n) is 3.44. The Labute approximate surface area is 154 Å². The molecule has 132 valence electrons. The summed E-state index contributed by atoms with van der Waals surface area (Å²) < 4.78 is 0. The van der Waals surface area contributed by atoms with E-state index >= 15 is 0 Å². The Kier molecular flexibility index (Phi) is 5.65. The van der Waals surface area contributed by atoms with Crippen LogP contribution >= 0.6 is 11.8 Å². The summed E-state index contributed by atoms with van der Waals surface area (Å²) >= 11 is 1.26. The van der Waals surface area contributed by atoms with Gasteiger partial charge in [-0.05, 0) is 48.9 Å². The third-order valence-corrected chi connectivity index (χ3v) is 4.32. The number of H-pyrrole nitrogens is 1. The predicted molar refractivity (Wildman–Crippen MR) is 101 cm³/mol. The lowest BCUT2D eigenvalue weighted by Crippen LogP contribution is -2.15. The molecule has 2 amide bonds. The van der Waals surface area contributed by atoms with E-state index in [1.807, 2.05) is 31.2 Å². The molecule has 1 aromatic heterocycles. The molecule has 0 fully saturated rings. The van der Waals surface area contributed by atoms with Gasteiger partial charge in [0.2, 0.25) is 5.91 Å². The van der Waals surface area contributed by atoms with Crippen molar-refractivity contribution >= 4 is 35.0 Å². The number of benzene rings is 2. The Balaban J connectivity index is 1.54. The molecule has 0 aliphatic heterocycles. The second-order valence-electron chi connectivity index (χ2n) is 5.53. The van der Waals surface area contributed by atoms with Crippen LogP contribution in [0.1, 0.15) is 15.9 Å². The minimum Gasteiger partial charge on any atom is -0.325 e. The molecular weight excluding hydrogens is 350 g/mol. The Bertz CT molecular complexity index is 894. The number of anilines is 2. The molecular formula is C18H17N5O2S. The summed E-state index contributed by atoms with van der Waals surface area (Å²) in [6.45, 7) is 1.97. The van der Waals surface area contributed by atoms with Gasteiger partial charge in [-0.1, -0.05) is 23.9 Å². The van der Waals surface area contributed by atoms with E-state index in [2.05, 4.69) is 25.8 Å². The summed E-state index contributed by atoms with van der Waals surface area (Å²) in [7, 11) is 0. The molecule has 0 saturated heterocycles. The van der Waals surface area contributed by atoms with Crippen LogP contribution in [-0.2, 0) is 4.79 Å². The summed E-state index contributed by atoms with van der Waals surface area (Å²) in [5.74, 6) is -0.150. The number of nitrogens with one attached hydrogen (secondary N) is 3. The van der Waals surface area contributed by atoms with E-state index in [9.17, 15) is 9.59 Å². The molecule has 0 unspecified atom stereocenters. The van der Waals surface area contributed by atoms with Gasteiger partial charge in [-0.2, -0.15) is 5.10 Å². The number of nitrogens with zero attached hydrogens (tertiary/aromatic N) is 2. The Morgan fingerprint density at radius 3 is 2.58 bits per heavy atom. The Morgan fingerprint density at radius 1 is 1.08 bits per heavy atom. The van der Waals surface area contributed by atoms with Crippen molar-refractivity contribution in [2.75, 3.05) is 16.4 Å². The molecule has 2 aromatic carbocycles. The molecule has 3 aromatic rings. The van der Waals surface area contributed by atoms with Gasteiger partial charge >= 0.3 is 0 Å². The van der Waals surface area contributed by atoms with Gasteiger partial charge in [0, 0.05) is 16.9 Å². The number of aryl methyl sites for hydroxylation is 1. The van der Waals surface area contributed by atoms with Crippen LogP contribution in [0.5, 0.6) is 0 Å². The molecule has 8 heteroatoms. The largest absolute Gasteiger partial charge is 0.325 e. The standard InChI is InChI=1S/C18H17N5O2S/c1-12-3-2-4-15(9-12)22-17(25)13-5-7-14(8-6-13)21-16(24)10-26-18-19-11-20-23-18/h2-9,11H,10H2,1H3,(H,21,24)(H,22,25)(H,19,20,23). The maximum absolute atomic E-state index is 12.3. The minimum absolute atomic E-state index is 0.164. The predicted octanol–water partition coefficient (Wildman–Crippen LogP) is 3.10. The first kappa shape index (κ1) is 17.7. The SMILES string of the molecule is Cc1cccc(NC(=O)c2ccc(NC(=O)CSc3ncn[nH]3)cc2)c1. The van der Waals surface area contributed by atoms with Crippen molar-refractivity contribution in [3.63, 3.8) is 0 Å². The molecule has 3 rings (SSSR count). The summed E-state index contributed by atoms with van der Waals surface area (Å²) in [5.41, 5.74) is 2.96. The molecule has 0 spiro atoms. The van der Waals surface area contributed by atoms with Crippen LogP contribution in [0.15, 0.2) is 60.0 Å². The number of aromatic amines is 1. The molecule has 0 atom stereocenters. The maximum atomic E-state index is 12.3. The lowest BCUT2D eigenvalue weighted by Gasteiger charge is -2.08. The number of rotatable bonds is 6. The van der Waals surface area contributed by atoms with Crippen molar-refractivity contribution in [1.29, 1.82) is 0 Å². The number of carbonyl (C=O) groups is 2. The van der Waals surface area contributed by atoms with Gasteiger partial charge < -0.3 is 10.6 Å². The van der Waals surface area contributed by atoms with Gasteiger partial charge in [0.15, 0.2) is 5.16 Å². The van der Waals surface area contributed by atoms with Crippen LogP contribution in [0.3, 0.4) is 0 Å². The summed E-state index contributed by atoms with van der Waals surface area (Å²) in [6, 6.07) is 14.3. The van der Waals surface area contributed by atoms with E-state index in [1.54, 1.807) is 24.3 Å². The molecule has 26 heavy (non-hydrogen) atoms. The summed E-state index contributed by atoms with van der Waals surface area (Å²) in [5, 5.41) is 12.6. The van der Waals surface area contributed by atoms with Crippen LogP contribution in [0, 0.1) is 6.92 Å². The van der Waals surface area contributed by atoms with Gasteiger partial charge in [-0.25, -0.2) is 4.98 Å². The van der Waals surface area contributed by atoms with Crippen molar-refractivity contribution < 1.29 is 9.59 Å². The van der Waals surface area contributed by atoms with E-state index < -0.39 is 0 Å². The zero-order valence-corrected chi connectivity index (χ0v) is 14.8. The number of aromatic nitrogens is 3. The lowest BCUT2D eigenvalue weighted by atomic mass is 10.1. The first-order chi connectivity index (χ1) is 12.6. The number of hydrogen-bond donors (Lipinski definition) is 3. The fourth-order valence-corrected chi connectivity index (χ4v) is 2.80. The van der Waals surface area contributed by atoms with Gasteiger partial charge in [-0.15, -0.1) is 0 Å². The molecule has 0 radical (unpaired) electrons. The topological polar surface area (TPSA) is 99.8 Å². The number of carbonyl (C=O) groups excluding carboxylic acids is 2. The van der Waals surface area contributed by atoms with Crippen LogP contribution in [0.4, 0.5) is 11.4 Å². The van der Waals surface area contributed by atoms with E-state index in [-0.39, 0.29) is 17.6 Å². The van der Waals surface area contributed by atoms with Crippen LogP contribution in [0.2, 0.25) is 0 Å². The fourth-order valence-electron chi connectivity index (χ4n) is 2.23. The van der Waals surface area contributed by atoms with Gasteiger partial charge in [0.05, 0.1) is 5.75 Å². The molecule has 1 heterocycles. The highest BCUT2D eigenvalue weighted by atomic mass is 32.2. The molecule has 0 saturated carbocycles. The number of thioether (sulfide) groups is 1. The molecule has 0 aliphatic rings. The van der Waals surface area contributed by atoms with Crippen LogP contribution in [0.25, 0.3) is 0 Å². The first-order valence-corrected chi connectivity index (χ1v) is 8.85. The van der Waals surface area contributed by atoms with Gasteiger partial charge in [0.1, 0.15) is 6.33 Å². The zero-order valence-electron chi connectivity index (χ0n) is 14.0. The second-order valence-corrected chi connectivity index (χ2v) is 6.49. The minimum atomic E-state index is -0.200. The monoisotopic (exact) mass is 367 g/mol. The van der Waals surface area contributed by atoms with E-state index in [1.165, 1.54) is 18.1 Å². The van der Waals surface area contributed by atoms with E-state index in [4.69, 9.17) is 0 Å². The number of amides is 2. The maximum Gasteiger partial charge on any atom is 0.255 e. The van der Waals surface area contributed by atoms with Crippen molar-refractivity contribution in [2.45, 2.75) is 12.1 Å². The molecule has 0 bridgehead atoms. The van der Waals surface area contributed by atoms with Crippen LogP contribution < -0.4 is 10.6 Å². The quantitative estimate of drug-likeness (QED) is 0.581. The van der Waals surface area contributed by atoms with Crippen molar-refractivity contribution in [3.05, 3.63) is 66.0 Å². The van der Waals surface area contributed by atoms with Gasteiger partial charge in [-0.3, -0.25) is 14.7 Å². The average molecular weight is 367 g/mol. The molecule has 3 N–H and O–H groups in total. The molecule has 7 nitrogen and oxygen atoms in total. The second kappa shape index (κ2) is 8.30. The van der Waals surface area contributed by atoms with Crippen LogP contribution in [-0.4, -0.2) is 32.7 Å². The highest BCUT2D eigenvalue weighted by Gasteiger charge is 2.08. The highest BCUT2D eigenvalue weighted by Crippen LogP contribution is 2.15. The Morgan fingerprint density at radius 2 is 1.88 bits per heavy atom. The lowest BCUT2D eigenvalue weighted by molar-refractivity contribution is -0.113. The van der Waals surface area contributed by atoms with E-state index in [0.29, 0.717) is 16.4 Å². The van der Waals surface area contributed by atoms with Gasteiger partial charge in [0.25, 0.3) is 5.91 Å². The normalized spacial score (nSPS) is 10.3. The van der Waals surface area contributed by atoms with Crippen molar-refractivity contribution in [1.82, 2.24) is 15.2 Å². The average Bonchev–Trinajstić information content (AvgIpc) is 3.14. The fraction of sp³-hybridized carbons (Fsp3) is 0.111. The smallest absolute Gasteiger partial charge is 0.255 e. The molecule has 0 aliphatic carbocycles. The Hall–Kier alpha value is -3.13. The first-order valence-electron chi connectivity index (χ1n) is 7.86. The zero-order chi connectivity index (χ0) is 18.4. The van der Waals surface area contributed by atoms with Crippen molar-refractivity contribution in [2.24, 2.45) is 0 Å². The number of hydrogen-bond acceptors (Lipinski definition) is 5. The highest BCUT2D eigenvalue weighted by molar-refractivity contribution is 7.99.